The van der Waals surface area contributed by atoms with E-state index in [1.165, 1.54) is 0 Å². The second-order valence-electron chi connectivity index (χ2n) is 5.98. The van der Waals surface area contributed by atoms with Crippen molar-refractivity contribution in [2.24, 2.45) is 0 Å². The molecule has 0 aliphatic heterocycles. The molecular weight excluding hydrogens is 342 g/mol. The van der Waals surface area contributed by atoms with Crippen LogP contribution in [0.25, 0.3) is 0 Å². The topological polar surface area (TPSA) is 67.8 Å². The van der Waals surface area contributed by atoms with E-state index in [1.807, 2.05) is 48.5 Å². The number of hydrogen-bond acceptors (Lipinski definition) is 4. The van der Waals surface area contributed by atoms with Crippen LogP contribution in [0, 0.1) is 0 Å². The highest BCUT2D eigenvalue weighted by Crippen LogP contribution is 2.21. The lowest BCUT2D eigenvalue weighted by molar-refractivity contribution is 0.0697. The zero-order chi connectivity index (χ0) is 19.1. The van der Waals surface area contributed by atoms with E-state index in [1.54, 1.807) is 31.4 Å². The molecule has 3 aromatic rings. The average molecular weight is 363 g/mol. The maximum atomic E-state index is 10.9. The molecule has 3 aromatic carbocycles. The number of rotatable bonds is 8. The molecule has 0 spiro atoms. The molecular formula is C22H21NO4. The van der Waals surface area contributed by atoms with Crippen LogP contribution < -0.4 is 14.8 Å². The Bertz CT molecular complexity index is 906. The van der Waals surface area contributed by atoms with Gasteiger partial charge < -0.3 is 19.9 Å². The molecule has 0 aliphatic carbocycles. The SMILES string of the molecule is COc1ccccc1COc1cccc(CNc2ccc(C(=O)O)cc2)c1. The van der Waals surface area contributed by atoms with E-state index in [-0.39, 0.29) is 5.56 Å². The van der Waals surface area contributed by atoms with Gasteiger partial charge in [-0.3, -0.25) is 0 Å². The molecule has 0 amide bonds. The van der Waals surface area contributed by atoms with Crippen molar-refractivity contribution >= 4 is 11.7 Å². The maximum absolute atomic E-state index is 10.9. The van der Waals surface area contributed by atoms with Gasteiger partial charge in [0.25, 0.3) is 0 Å². The standard InChI is InChI=1S/C22H21NO4/c1-26-21-8-3-2-6-18(21)15-27-20-7-4-5-16(13-20)14-23-19-11-9-17(10-12-19)22(24)25/h2-13,23H,14-15H2,1H3,(H,24,25). The van der Waals surface area contributed by atoms with Crippen molar-refractivity contribution in [1.29, 1.82) is 0 Å². The molecule has 0 unspecified atom stereocenters. The molecule has 0 heterocycles. The first-order valence-electron chi connectivity index (χ1n) is 8.56. The molecule has 0 saturated carbocycles. The van der Waals surface area contributed by atoms with Crippen molar-refractivity contribution in [3.8, 4) is 11.5 Å². The van der Waals surface area contributed by atoms with Gasteiger partial charge in [-0.1, -0.05) is 30.3 Å². The molecule has 2 N–H and O–H groups in total. The number of ether oxygens (including phenoxy) is 2. The Morgan fingerprint density at radius 3 is 2.52 bits per heavy atom. The third-order valence-corrected chi connectivity index (χ3v) is 4.11. The van der Waals surface area contributed by atoms with Crippen molar-refractivity contribution in [3.05, 3.63) is 89.5 Å². The summed E-state index contributed by atoms with van der Waals surface area (Å²) < 4.78 is 11.2. The molecule has 0 fully saturated rings. The van der Waals surface area contributed by atoms with E-state index in [9.17, 15) is 4.79 Å². The zero-order valence-electron chi connectivity index (χ0n) is 15.0. The first kappa shape index (κ1) is 18.3. The maximum Gasteiger partial charge on any atom is 0.335 e. The van der Waals surface area contributed by atoms with Crippen molar-refractivity contribution in [2.45, 2.75) is 13.2 Å². The predicted molar refractivity (Wildman–Crippen MR) is 104 cm³/mol. The molecule has 5 heteroatoms. The van der Waals surface area contributed by atoms with E-state index in [4.69, 9.17) is 14.6 Å². The molecule has 0 atom stereocenters. The molecule has 0 saturated heterocycles. The minimum absolute atomic E-state index is 0.271. The van der Waals surface area contributed by atoms with Gasteiger partial charge in [-0.15, -0.1) is 0 Å². The van der Waals surface area contributed by atoms with Crippen molar-refractivity contribution in [1.82, 2.24) is 0 Å². The largest absolute Gasteiger partial charge is 0.496 e. The van der Waals surface area contributed by atoms with Crippen LogP contribution in [0.2, 0.25) is 0 Å². The Morgan fingerprint density at radius 2 is 1.78 bits per heavy atom. The summed E-state index contributed by atoms with van der Waals surface area (Å²) in [4.78, 5) is 10.9. The van der Waals surface area contributed by atoms with Gasteiger partial charge in [0.05, 0.1) is 12.7 Å². The molecule has 0 radical (unpaired) electrons. The molecule has 3 rings (SSSR count). The van der Waals surface area contributed by atoms with Gasteiger partial charge in [-0.25, -0.2) is 4.79 Å². The number of carboxylic acid groups (broad SMARTS) is 1. The lowest BCUT2D eigenvalue weighted by Gasteiger charge is -2.12. The van der Waals surface area contributed by atoms with Gasteiger partial charge in [-0.05, 0) is 48.0 Å². The Kier molecular flexibility index (Phi) is 5.94. The van der Waals surface area contributed by atoms with E-state index < -0.39 is 5.97 Å². The number of hydrogen-bond donors (Lipinski definition) is 2. The minimum Gasteiger partial charge on any atom is -0.496 e. The van der Waals surface area contributed by atoms with E-state index in [0.29, 0.717) is 13.2 Å². The molecule has 0 aliphatic rings. The van der Waals surface area contributed by atoms with Gasteiger partial charge in [0.2, 0.25) is 0 Å². The molecule has 0 aromatic heterocycles. The number of methoxy groups -OCH3 is 1. The van der Waals surface area contributed by atoms with Gasteiger partial charge in [0, 0.05) is 17.8 Å². The summed E-state index contributed by atoms with van der Waals surface area (Å²) in [7, 11) is 1.65. The minimum atomic E-state index is -0.929. The number of anilines is 1. The fourth-order valence-electron chi connectivity index (χ4n) is 2.66. The highest BCUT2D eigenvalue weighted by Gasteiger charge is 2.04. The summed E-state index contributed by atoms with van der Waals surface area (Å²) >= 11 is 0. The van der Waals surface area contributed by atoms with Crippen LogP contribution in [0.5, 0.6) is 11.5 Å². The van der Waals surface area contributed by atoms with Crippen molar-refractivity contribution in [2.75, 3.05) is 12.4 Å². The van der Waals surface area contributed by atoms with E-state index in [0.717, 1.165) is 28.3 Å². The average Bonchev–Trinajstić information content (AvgIpc) is 2.71. The highest BCUT2D eigenvalue weighted by molar-refractivity contribution is 5.87. The van der Waals surface area contributed by atoms with Crippen LogP contribution in [-0.4, -0.2) is 18.2 Å². The monoisotopic (exact) mass is 363 g/mol. The lowest BCUT2D eigenvalue weighted by atomic mass is 10.2. The van der Waals surface area contributed by atoms with Gasteiger partial charge in [-0.2, -0.15) is 0 Å². The third kappa shape index (κ3) is 5.01. The van der Waals surface area contributed by atoms with Crippen LogP contribution in [0.4, 0.5) is 5.69 Å². The van der Waals surface area contributed by atoms with Crippen LogP contribution in [0.15, 0.2) is 72.8 Å². The number of para-hydroxylation sites is 1. The van der Waals surface area contributed by atoms with Crippen LogP contribution in [0.1, 0.15) is 21.5 Å². The number of benzene rings is 3. The smallest absolute Gasteiger partial charge is 0.335 e. The summed E-state index contributed by atoms with van der Waals surface area (Å²) in [6, 6.07) is 22.3. The van der Waals surface area contributed by atoms with Crippen molar-refractivity contribution in [3.63, 3.8) is 0 Å². The number of nitrogens with one attached hydrogen (secondary N) is 1. The van der Waals surface area contributed by atoms with Crippen LogP contribution in [0.3, 0.4) is 0 Å². The Morgan fingerprint density at radius 1 is 1.00 bits per heavy atom. The summed E-state index contributed by atoms with van der Waals surface area (Å²) in [6.45, 7) is 1.04. The van der Waals surface area contributed by atoms with Gasteiger partial charge in [0.15, 0.2) is 0 Å². The predicted octanol–water partition coefficient (Wildman–Crippen LogP) is 4.58. The molecule has 0 bridgehead atoms. The lowest BCUT2D eigenvalue weighted by Crippen LogP contribution is -2.02. The Balaban J connectivity index is 1.59. The normalized spacial score (nSPS) is 10.3. The van der Waals surface area contributed by atoms with E-state index >= 15 is 0 Å². The number of aromatic carboxylic acids is 1. The summed E-state index contributed by atoms with van der Waals surface area (Å²) in [6.07, 6.45) is 0. The number of carbonyl (C=O) groups is 1. The molecule has 138 valence electrons. The van der Waals surface area contributed by atoms with Crippen LogP contribution >= 0.6 is 0 Å². The van der Waals surface area contributed by atoms with Gasteiger partial charge >= 0.3 is 5.97 Å². The summed E-state index contributed by atoms with van der Waals surface area (Å²) in [5.74, 6) is 0.656. The summed E-state index contributed by atoms with van der Waals surface area (Å²) in [5.41, 5.74) is 3.18. The first-order chi connectivity index (χ1) is 13.2. The van der Waals surface area contributed by atoms with E-state index in [2.05, 4.69) is 5.32 Å². The third-order valence-electron chi connectivity index (χ3n) is 4.11. The Labute approximate surface area is 158 Å². The fourth-order valence-corrected chi connectivity index (χ4v) is 2.66. The number of carboxylic acids is 1. The molecule has 5 nitrogen and oxygen atoms in total. The highest BCUT2D eigenvalue weighted by atomic mass is 16.5. The van der Waals surface area contributed by atoms with Gasteiger partial charge in [0.1, 0.15) is 18.1 Å². The quantitative estimate of drug-likeness (QED) is 0.613. The molecule has 27 heavy (non-hydrogen) atoms. The summed E-state index contributed by atoms with van der Waals surface area (Å²) in [5, 5.41) is 12.2. The second kappa shape index (κ2) is 8.76. The zero-order valence-corrected chi connectivity index (χ0v) is 15.0. The van der Waals surface area contributed by atoms with Crippen molar-refractivity contribution < 1.29 is 19.4 Å². The first-order valence-corrected chi connectivity index (χ1v) is 8.56. The van der Waals surface area contributed by atoms with Crippen LogP contribution in [-0.2, 0) is 13.2 Å². The Hall–Kier alpha value is -3.47. The fraction of sp³-hybridized carbons (Fsp3) is 0.136. The second-order valence-corrected chi connectivity index (χ2v) is 5.98.